The number of likely N-dealkylation sites (tertiary alicyclic amines) is 1. The van der Waals surface area contributed by atoms with Gasteiger partial charge in [-0.15, -0.1) is 0 Å². The molecule has 7 heteroatoms. The average Bonchev–Trinajstić information content (AvgIpc) is 3.44. The van der Waals surface area contributed by atoms with Crippen molar-refractivity contribution in [2.75, 3.05) is 20.2 Å². The summed E-state index contributed by atoms with van der Waals surface area (Å²) in [6.07, 6.45) is 6.83. The average molecular weight is 438 g/mol. The summed E-state index contributed by atoms with van der Waals surface area (Å²) in [5.41, 5.74) is 1.83. The predicted molar refractivity (Wildman–Crippen MR) is 121 cm³/mol. The molecule has 1 saturated carbocycles. The van der Waals surface area contributed by atoms with Gasteiger partial charge in [-0.3, -0.25) is 14.6 Å². The number of nitrogens with one attached hydrogen (secondary N) is 1. The first kappa shape index (κ1) is 22.1. The molecule has 170 valence electrons. The van der Waals surface area contributed by atoms with Crippen molar-refractivity contribution >= 4 is 11.8 Å². The number of carbonyl (C=O) groups is 2. The van der Waals surface area contributed by atoms with E-state index in [1.165, 1.54) is 12.8 Å². The highest BCUT2D eigenvalue weighted by Gasteiger charge is 2.32. The van der Waals surface area contributed by atoms with Crippen LogP contribution >= 0.6 is 0 Å². The molecular formula is C25H31N3O4. The summed E-state index contributed by atoms with van der Waals surface area (Å²) in [6.45, 7) is 2.45. The van der Waals surface area contributed by atoms with Crippen molar-refractivity contribution in [1.29, 1.82) is 0 Å². The SMILES string of the molecule is COc1ccc(C2CC(=O)N(CC(=O)NC(C)c3ccccn3)C2)cc1OC1CCCC1. The number of rotatable bonds is 8. The Hall–Kier alpha value is -3.09. The molecule has 0 spiro atoms. The van der Waals surface area contributed by atoms with E-state index in [1.807, 2.05) is 43.3 Å². The summed E-state index contributed by atoms with van der Waals surface area (Å²) in [4.78, 5) is 31.1. The largest absolute Gasteiger partial charge is 0.493 e. The minimum Gasteiger partial charge on any atom is -0.493 e. The quantitative estimate of drug-likeness (QED) is 0.682. The highest BCUT2D eigenvalue weighted by molar-refractivity contribution is 5.86. The minimum atomic E-state index is -0.214. The Morgan fingerprint density at radius 1 is 1.22 bits per heavy atom. The van der Waals surface area contributed by atoms with Gasteiger partial charge in [-0.2, -0.15) is 0 Å². The Labute approximate surface area is 189 Å². The first-order valence-corrected chi connectivity index (χ1v) is 11.4. The molecule has 0 radical (unpaired) electrons. The van der Waals surface area contributed by atoms with E-state index in [-0.39, 0.29) is 36.4 Å². The molecule has 1 aromatic carbocycles. The van der Waals surface area contributed by atoms with Crippen molar-refractivity contribution in [1.82, 2.24) is 15.2 Å². The van der Waals surface area contributed by atoms with Crippen molar-refractivity contribution in [2.24, 2.45) is 0 Å². The minimum absolute atomic E-state index is 0.00952. The van der Waals surface area contributed by atoms with Gasteiger partial charge in [0.2, 0.25) is 11.8 Å². The van der Waals surface area contributed by atoms with E-state index < -0.39 is 0 Å². The monoisotopic (exact) mass is 437 g/mol. The lowest BCUT2D eigenvalue weighted by Crippen LogP contribution is -2.39. The van der Waals surface area contributed by atoms with Gasteiger partial charge >= 0.3 is 0 Å². The Balaban J connectivity index is 1.38. The third-order valence-electron chi connectivity index (χ3n) is 6.31. The number of benzene rings is 1. The van der Waals surface area contributed by atoms with E-state index in [1.54, 1.807) is 18.2 Å². The van der Waals surface area contributed by atoms with Crippen molar-refractivity contribution < 1.29 is 19.1 Å². The van der Waals surface area contributed by atoms with Gasteiger partial charge in [0, 0.05) is 25.1 Å². The molecule has 2 heterocycles. The zero-order chi connectivity index (χ0) is 22.5. The zero-order valence-electron chi connectivity index (χ0n) is 18.8. The Morgan fingerprint density at radius 2 is 2.03 bits per heavy atom. The summed E-state index contributed by atoms with van der Waals surface area (Å²) < 4.78 is 11.7. The Morgan fingerprint density at radius 3 is 2.75 bits per heavy atom. The fourth-order valence-corrected chi connectivity index (χ4v) is 4.54. The molecule has 1 aliphatic carbocycles. The second kappa shape index (κ2) is 10.0. The van der Waals surface area contributed by atoms with Crippen LogP contribution in [0.5, 0.6) is 11.5 Å². The van der Waals surface area contributed by atoms with Crippen LogP contribution in [0.15, 0.2) is 42.6 Å². The second-order valence-corrected chi connectivity index (χ2v) is 8.65. The molecule has 7 nitrogen and oxygen atoms in total. The number of carbonyl (C=O) groups excluding carboxylic acids is 2. The molecular weight excluding hydrogens is 406 g/mol. The van der Waals surface area contributed by atoms with Crippen LogP contribution in [-0.2, 0) is 9.59 Å². The molecule has 1 aliphatic heterocycles. The van der Waals surface area contributed by atoms with Gasteiger partial charge in [0.25, 0.3) is 0 Å². The van der Waals surface area contributed by atoms with Gasteiger partial charge in [0.05, 0.1) is 31.5 Å². The van der Waals surface area contributed by atoms with Crippen LogP contribution in [0.1, 0.15) is 62.2 Å². The normalized spacial score (nSPS) is 19.8. The third kappa shape index (κ3) is 5.21. The van der Waals surface area contributed by atoms with Crippen LogP contribution in [0, 0.1) is 0 Å². The fraction of sp³-hybridized carbons (Fsp3) is 0.480. The van der Waals surface area contributed by atoms with Gasteiger partial charge in [0.15, 0.2) is 11.5 Å². The van der Waals surface area contributed by atoms with Gasteiger partial charge in [-0.05, 0) is 62.4 Å². The van der Waals surface area contributed by atoms with Crippen LogP contribution in [0.25, 0.3) is 0 Å². The smallest absolute Gasteiger partial charge is 0.240 e. The standard InChI is InChI=1S/C25H31N3O4/c1-17(21-9-5-6-12-26-21)27-24(29)16-28-15-19(14-25(28)30)18-10-11-22(31-2)23(13-18)32-20-7-3-4-8-20/h5-6,9-13,17,19-20H,3-4,7-8,14-16H2,1-2H3,(H,27,29). The molecule has 0 bridgehead atoms. The third-order valence-corrected chi connectivity index (χ3v) is 6.31. The molecule has 1 saturated heterocycles. The van der Waals surface area contributed by atoms with E-state index in [9.17, 15) is 9.59 Å². The van der Waals surface area contributed by atoms with Crippen LogP contribution in [0.2, 0.25) is 0 Å². The molecule has 2 aromatic rings. The number of ether oxygens (including phenoxy) is 2. The summed E-state index contributed by atoms with van der Waals surface area (Å²) in [5, 5.41) is 2.93. The molecule has 2 fully saturated rings. The first-order valence-electron chi connectivity index (χ1n) is 11.4. The fourth-order valence-electron chi connectivity index (χ4n) is 4.54. The summed E-state index contributed by atoms with van der Waals surface area (Å²) in [6, 6.07) is 11.3. The van der Waals surface area contributed by atoms with Crippen LogP contribution in [0.4, 0.5) is 0 Å². The molecule has 2 unspecified atom stereocenters. The summed E-state index contributed by atoms with van der Waals surface area (Å²) in [5.74, 6) is 1.29. The van der Waals surface area contributed by atoms with Crippen LogP contribution in [0.3, 0.4) is 0 Å². The Kier molecular flexibility index (Phi) is 6.93. The zero-order valence-corrected chi connectivity index (χ0v) is 18.8. The molecule has 2 amide bonds. The van der Waals surface area contributed by atoms with Crippen molar-refractivity contribution in [2.45, 2.75) is 57.1 Å². The van der Waals surface area contributed by atoms with E-state index in [0.717, 1.165) is 29.8 Å². The number of nitrogens with zero attached hydrogens (tertiary/aromatic N) is 2. The highest BCUT2D eigenvalue weighted by atomic mass is 16.5. The lowest BCUT2D eigenvalue weighted by molar-refractivity contribution is -0.133. The van der Waals surface area contributed by atoms with Gasteiger partial charge in [-0.25, -0.2) is 0 Å². The number of amides is 2. The number of methoxy groups -OCH3 is 1. The van der Waals surface area contributed by atoms with Gasteiger partial charge in [0.1, 0.15) is 0 Å². The van der Waals surface area contributed by atoms with E-state index in [2.05, 4.69) is 10.3 Å². The topological polar surface area (TPSA) is 80.8 Å². The lowest BCUT2D eigenvalue weighted by Gasteiger charge is -2.20. The summed E-state index contributed by atoms with van der Waals surface area (Å²) in [7, 11) is 1.64. The molecule has 1 N–H and O–H groups in total. The Bertz CT molecular complexity index is 943. The molecule has 4 rings (SSSR count). The van der Waals surface area contributed by atoms with Gasteiger partial charge < -0.3 is 19.7 Å². The second-order valence-electron chi connectivity index (χ2n) is 8.65. The van der Waals surface area contributed by atoms with E-state index >= 15 is 0 Å². The maximum absolute atomic E-state index is 12.6. The van der Waals surface area contributed by atoms with Gasteiger partial charge in [-0.1, -0.05) is 12.1 Å². The number of hydrogen-bond acceptors (Lipinski definition) is 5. The van der Waals surface area contributed by atoms with Crippen LogP contribution < -0.4 is 14.8 Å². The first-order chi connectivity index (χ1) is 15.5. The van der Waals surface area contributed by atoms with Crippen LogP contribution in [-0.4, -0.2) is 48.0 Å². The van der Waals surface area contributed by atoms with Crippen molar-refractivity contribution in [3.8, 4) is 11.5 Å². The van der Waals surface area contributed by atoms with E-state index in [4.69, 9.17) is 9.47 Å². The number of pyridine rings is 1. The van der Waals surface area contributed by atoms with Crippen molar-refractivity contribution in [3.05, 3.63) is 53.9 Å². The molecule has 1 aromatic heterocycles. The predicted octanol–water partition coefficient (Wildman–Crippen LogP) is 3.60. The molecule has 32 heavy (non-hydrogen) atoms. The number of hydrogen-bond donors (Lipinski definition) is 1. The lowest BCUT2D eigenvalue weighted by atomic mass is 9.98. The summed E-state index contributed by atoms with van der Waals surface area (Å²) >= 11 is 0. The molecule has 2 aliphatic rings. The van der Waals surface area contributed by atoms with Crippen molar-refractivity contribution in [3.63, 3.8) is 0 Å². The maximum atomic E-state index is 12.6. The maximum Gasteiger partial charge on any atom is 0.240 e. The highest BCUT2D eigenvalue weighted by Crippen LogP contribution is 2.37. The molecule has 2 atom stereocenters. The van der Waals surface area contributed by atoms with E-state index in [0.29, 0.717) is 18.7 Å². The number of aromatic nitrogens is 1.